The van der Waals surface area contributed by atoms with Crippen molar-refractivity contribution in [3.8, 4) is 0 Å². The Morgan fingerprint density at radius 2 is 1.86 bits per heavy atom. The number of hydrogen-bond donors (Lipinski definition) is 2. The molecule has 2 heterocycles. The fourth-order valence-corrected chi connectivity index (χ4v) is 2.12. The quantitative estimate of drug-likeness (QED) is 0.731. The van der Waals surface area contributed by atoms with E-state index in [1.54, 1.807) is 6.26 Å². The highest BCUT2D eigenvalue weighted by atomic mass is 35.5. The van der Waals surface area contributed by atoms with Crippen LogP contribution in [0.25, 0.3) is 0 Å². The third-order valence-corrected chi connectivity index (χ3v) is 3.23. The second-order valence-corrected chi connectivity index (χ2v) is 5.19. The summed E-state index contributed by atoms with van der Waals surface area (Å²) in [5, 5.41) is 7.15. The smallest absolute Gasteiger partial charge is 0.136 e. The van der Waals surface area contributed by atoms with Crippen LogP contribution in [0.15, 0.2) is 53.1 Å². The lowest BCUT2D eigenvalue weighted by Gasteiger charge is -2.09. The monoisotopic (exact) mass is 314 g/mol. The lowest BCUT2D eigenvalue weighted by Crippen LogP contribution is -2.04. The maximum absolute atomic E-state index is 5.88. The summed E-state index contributed by atoms with van der Waals surface area (Å²) in [6.07, 6.45) is 1.65. The van der Waals surface area contributed by atoms with Crippen molar-refractivity contribution in [3.63, 3.8) is 0 Å². The molecule has 2 aromatic heterocycles. The van der Waals surface area contributed by atoms with Gasteiger partial charge in [-0.3, -0.25) is 0 Å². The van der Waals surface area contributed by atoms with Crippen LogP contribution in [0, 0.1) is 6.92 Å². The first-order valence-electron chi connectivity index (χ1n) is 6.83. The lowest BCUT2D eigenvalue weighted by molar-refractivity contribution is 0.518. The van der Waals surface area contributed by atoms with Crippen LogP contribution in [-0.2, 0) is 6.54 Å². The molecule has 0 aliphatic rings. The Hall–Kier alpha value is -2.53. The fraction of sp³-hybridized carbons (Fsp3) is 0.125. The summed E-state index contributed by atoms with van der Waals surface area (Å²) in [6, 6.07) is 13.1. The Bertz CT molecular complexity index is 741. The summed E-state index contributed by atoms with van der Waals surface area (Å²) in [5.74, 6) is 2.99. The number of aromatic nitrogens is 2. The molecule has 0 fully saturated rings. The predicted molar refractivity (Wildman–Crippen MR) is 87.5 cm³/mol. The summed E-state index contributed by atoms with van der Waals surface area (Å²) in [4.78, 5) is 8.74. The molecule has 3 aromatic rings. The maximum Gasteiger partial charge on any atom is 0.136 e. The van der Waals surface area contributed by atoms with Crippen LogP contribution in [-0.4, -0.2) is 9.97 Å². The number of halogens is 1. The zero-order valence-electron chi connectivity index (χ0n) is 12.0. The Morgan fingerprint density at radius 3 is 2.59 bits per heavy atom. The molecular formula is C16H15ClN4O. The van der Waals surface area contributed by atoms with Crippen molar-refractivity contribution in [2.45, 2.75) is 13.5 Å². The normalized spacial score (nSPS) is 10.5. The first-order valence-corrected chi connectivity index (χ1v) is 7.21. The van der Waals surface area contributed by atoms with E-state index in [-0.39, 0.29) is 0 Å². The molecule has 112 valence electrons. The van der Waals surface area contributed by atoms with Crippen molar-refractivity contribution in [1.82, 2.24) is 9.97 Å². The fourth-order valence-electron chi connectivity index (χ4n) is 1.99. The molecule has 2 N–H and O–H groups in total. The average Bonchev–Trinajstić information content (AvgIpc) is 3.00. The molecule has 22 heavy (non-hydrogen) atoms. The SMILES string of the molecule is Cc1nc(NCc2ccco2)cc(Nc2ccc(Cl)cc2)n1. The zero-order chi connectivity index (χ0) is 15.4. The molecule has 0 unspecified atom stereocenters. The Labute approximate surface area is 133 Å². The van der Waals surface area contributed by atoms with E-state index in [4.69, 9.17) is 16.0 Å². The largest absolute Gasteiger partial charge is 0.467 e. The minimum Gasteiger partial charge on any atom is -0.467 e. The Kier molecular flexibility index (Phi) is 4.25. The minimum atomic E-state index is 0.573. The van der Waals surface area contributed by atoms with Gasteiger partial charge >= 0.3 is 0 Å². The van der Waals surface area contributed by atoms with E-state index in [0.717, 1.165) is 23.1 Å². The molecule has 0 aliphatic heterocycles. The van der Waals surface area contributed by atoms with Crippen molar-refractivity contribution >= 4 is 28.9 Å². The summed E-state index contributed by atoms with van der Waals surface area (Å²) in [7, 11) is 0. The highest BCUT2D eigenvalue weighted by molar-refractivity contribution is 6.30. The van der Waals surface area contributed by atoms with Crippen molar-refractivity contribution in [1.29, 1.82) is 0 Å². The molecule has 5 nitrogen and oxygen atoms in total. The lowest BCUT2D eigenvalue weighted by atomic mass is 10.3. The van der Waals surface area contributed by atoms with Crippen LogP contribution in [0.4, 0.5) is 17.3 Å². The van der Waals surface area contributed by atoms with Gasteiger partial charge in [-0.15, -0.1) is 0 Å². The maximum atomic E-state index is 5.88. The van der Waals surface area contributed by atoms with Crippen LogP contribution in [0.2, 0.25) is 5.02 Å². The van der Waals surface area contributed by atoms with Crippen LogP contribution < -0.4 is 10.6 Å². The van der Waals surface area contributed by atoms with Crippen LogP contribution in [0.5, 0.6) is 0 Å². The van der Waals surface area contributed by atoms with Gasteiger partial charge in [0.2, 0.25) is 0 Å². The van der Waals surface area contributed by atoms with Crippen LogP contribution in [0.1, 0.15) is 11.6 Å². The van der Waals surface area contributed by atoms with Gasteiger partial charge in [0.15, 0.2) is 0 Å². The molecule has 0 radical (unpaired) electrons. The molecule has 0 saturated carbocycles. The third-order valence-electron chi connectivity index (χ3n) is 2.98. The number of aryl methyl sites for hydroxylation is 1. The van der Waals surface area contributed by atoms with Gasteiger partial charge in [-0.1, -0.05) is 11.6 Å². The number of benzene rings is 1. The van der Waals surface area contributed by atoms with Gasteiger partial charge in [0.05, 0.1) is 12.8 Å². The number of nitrogens with one attached hydrogen (secondary N) is 2. The van der Waals surface area contributed by atoms with E-state index in [1.165, 1.54) is 0 Å². The third kappa shape index (κ3) is 3.77. The second kappa shape index (κ2) is 6.49. The standard InChI is InChI=1S/C16H15ClN4O/c1-11-19-15(18-10-14-3-2-8-22-14)9-16(20-11)21-13-6-4-12(17)5-7-13/h2-9H,10H2,1H3,(H2,18,19,20,21). The summed E-state index contributed by atoms with van der Waals surface area (Å²) < 4.78 is 5.29. The average molecular weight is 315 g/mol. The molecular weight excluding hydrogens is 300 g/mol. The second-order valence-electron chi connectivity index (χ2n) is 4.75. The van der Waals surface area contributed by atoms with Gasteiger partial charge in [-0.2, -0.15) is 0 Å². The summed E-state index contributed by atoms with van der Waals surface area (Å²) in [5.41, 5.74) is 0.916. The molecule has 0 atom stereocenters. The van der Waals surface area contributed by atoms with Crippen molar-refractivity contribution in [2.75, 3.05) is 10.6 Å². The van der Waals surface area contributed by atoms with Gasteiger partial charge < -0.3 is 15.1 Å². The van der Waals surface area contributed by atoms with E-state index in [1.807, 2.05) is 49.4 Å². The van der Waals surface area contributed by atoms with Crippen molar-refractivity contribution in [2.24, 2.45) is 0 Å². The summed E-state index contributed by atoms with van der Waals surface area (Å²) >= 11 is 5.88. The van der Waals surface area contributed by atoms with E-state index in [0.29, 0.717) is 17.4 Å². The van der Waals surface area contributed by atoms with E-state index in [2.05, 4.69) is 20.6 Å². The van der Waals surface area contributed by atoms with Crippen LogP contribution >= 0.6 is 11.6 Å². The molecule has 0 saturated heterocycles. The summed E-state index contributed by atoms with van der Waals surface area (Å²) in [6.45, 7) is 2.43. The number of furan rings is 1. The minimum absolute atomic E-state index is 0.573. The van der Waals surface area contributed by atoms with Crippen LogP contribution in [0.3, 0.4) is 0 Å². The van der Waals surface area contributed by atoms with E-state index < -0.39 is 0 Å². The van der Waals surface area contributed by atoms with Gasteiger partial charge in [0.1, 0.15) is 23.2 Å². The zero-order valence-corrected chi connectivity index (χ0v) is 12.8. The van der Waals surface area contributed by atoms with E-state index >= 15 is 0 Å². The molecule has 0 amide bonds. The highest BCUT2D eigenvalue weighted by Gasteiger charge is 2.03. The van der Waals surface area contributed by atoms with Gasteiger partial charge in [-0.05, 0) is 43.3 Å². The van der Waals surface area contributed by atoms with Gasteiger partial charge in [0, 0.05) is 16.8 Å². The van der Waals surface area contributed by atoms with Gasteiger partial charge in [-0.25, -0.2) is 9.97 Å². The molecule has 3 rings (SSSR count). The molecule has 0 spiro atoms. The first-order chi connectivity index (χ1) is 10.7. The molecule has 1 aromatic carbocycles. The van der Waals surface area contributed by atoms with Crippen molar-refractivity contribution in [3.05, 3.63) is 65.3 Å². The number of nitrogens with zero attached hydrogens (tertiary/aromatic N) is 2. The number of anilines is 3. The molecule has 6 heteroatoms. The number of hydrogen-bond acceptors (Lipinski definition) is 5. The van der Waals surface area contributed by atoms with Crippen molar-refractivity contribution < 1.29 is 4.42 Å². The highest BCUT2D eigenvalue weighted by Crippen LogP contribution is 2.19. The topological polar surface area (TPSA) is 63.0 Å². The van der Waals surface area contributed by atoms with E-state index in [9.17, 15) is 0 Å². The Balaban J connectivity index is 1.73. The van der Waals surface area contributed by atoms with Gasteiger partial charge in [0.25, 0.3) is 0 Å². The molecule has 0 aliphatic carbocycles. The first kappa shape index (κ1) is 14.4. The predicted octanol–water partition coefficient (Wildman–Crippen LogP) is 4.39. The Morgan fingerprint density at radius 1 is 1.09 bits per heavy atom. The number of rotatable bonds is 5. The molecule has 0 bridgehead atoms.